The quantitative estimate of drug-likeness (QED) is 0.445. The van der Waals surface area contributed by atoms with Gasteiger partial charge in [-0.1, -0.05) is 61.9 Å². The number of amides is 2. The molecule has 1 atom stereocenters. The van der Waals surface area contributed by atoms with Gasteiger partial charge < -0.3 is 20.5 Å². The van der Waals surface area contributed by atoms with Gasteiger partial charge in [-0.2, -0.15) is 0 Å². The smallest absolute Gasteiger partial charge is 0.407 e. The minimum absolute atomic E-state index is 0.0244. The van der Waals surface area contributed by atoms with E-state index in [1.54, 1.807) is 13.8 Å². The highest BCUT2D eigenvalue weighted by Crippen LogP contribution is 2.44. The summed E-state index contributed by atoms with van der Waals surface area (Å²) in [4.78, 5) is 36.1. The molecule has 0 saturated carbocycles. The molecule has 0 saturated heterocycles. The Labute approximate surface area is 200 Å². The van der Waals surface area contributed by atoms with Crippen LogP contribution in [0, 0.1) is 5.41 Å². The summed E-state index contributed by atoms with van der Waals surface area (Å²) in [5.74, 6) is -1.15. The van der Waals surface area contributed by atoms with Gasteiger partial charge in [-0.05, 0) is 48.9 Å². The third kappa shape index (κ3) is 6.16. The lowest BCUT2D eigenvalue weighted by molar-refractivity contribution is -0.147. The first-order chi connectivity index (χ1) is 16.2. The van der Waals surface area contributed by atoms with Gasteiger partial charge in [0.05, 0.1) is 5.41 Å². The molecular formula is C27H34N2O5. The Hall–Kier alpha value is -3.35. The predicted molar refractivity (Wildman–Crippen MR) is 131 cm³/mol. The summed E-state index contributed by atoms with van der Waals surface area (Å²) in [7, 11) is 0. The van der Waals surface area contributed by atoms with Crippen molar-refractivity contribution in [3.63, 3.8) is 0 Å². The van der Waals surface area contributed by atoms with Crippen molar-refractivity contribution in [2.45, 2.75) is 58.4 Å². The van der Waals surface area contributed by atoms with E-state index in [9.17, 15) is 19.5 Å². The number of rotatable bonds is 11. The summed E-state index contributed by atoms with van der Waals surface area (Å²) >= 11 is 0. The molecule has 3 rings (SSSR count). The fraction of sp³-hybridized carbons (Fsp3) is 0.444. The second-order valence-electron chi connectivity index (χ2n) is 9.45. The average molecular weight is 467 g/mol. The Kier molecular flexibility index (Phi) is 8.31. The first kappa shape index (κ1) is 25.3. The summed E-state index contributed by atoms with van der Waals surface area (Å²) in [6.45, 7) is 5.72. The SMILES string of the molecule is CCC[C@H](CC(=O)NCCC(C)(C)C(=O)O)NC(=O)OCC1c2ccccc2-c2ccccc21. The summed E-state index contributed by atoms with van der Waals surface area (Å²) in [6.07, 6.45) is 1.34. The van der Waals surface area contributed by atoms with Crippen LogP contribution in [0.25, 0.3) is 11.1 Å². The maximum Gasteiger partial charge on any atom is 0.407 e. The highest BCUT2D eigenvalue weighted by atomic mass is 16.5. The van der Waals surface area contributed by atoms with E-state index < -0.39 is 17.5 Å². The molecule has 2 aromatic carbocycles. The van der Waals surface area contributed by atoms with Crippen LogP contribution in [0.5, 0.6) is 0 Å². The number of fused-ring (bicyclic) bond motifs is 3. The fourth-order valence-corrected chi connectivity index (χ4v) is 4.30. The van der Waals surface area contributed by atoms with Gasteiger partial charge in [0, 0.05) is 24.9 Å². The molecule has 0 aromatic heterocycles. The van der Waals surface area contributed by atoms with Crippen LogP contribution in [-0.2, 0) is 14.3 Å². The Balaban J connectivity index is 1.52. The van der Waals surface area contributed by atoms with Crippen molar-refractivity contribution >= 4 is 18.0 Å². The van der Waals surface area contributed by atoms with Crippen molar-refractivity contribution in [1.29, 1.82) is 0 Å². The number of aliphatic carboxylic acids is 1. The van der Waals surface area contributed by atoms with E-state index in [0.29, 0.717) is 12.8 Å². The maximum absolute atomic E-state index is 12.6. The molecule has 0 bridgehead atoms. The molecule has 1 aliphatic rings. The molecule has 2 amide bonds. The topological polar surface area (TPSA) is 105 Å². The number of carbonyl (C=O) groups is 3. The van der Waals surface area contributed by atoms with Gasteiger partial charge in [0.25, 0.3) is 0 Å². The first-order valence-electron chi connectivity index (χ1n) is 11.8. The molecule has 3 N–H and O–H groups in total. The van der Waals surface area contributed by atoms with Crippen molar-refractivity contribution in [3.8, 4) is 11.1 Å². The summed E-state index contributed by atoms with van der Waals surface area (Å²) in [6, 6.07) is 15.9. The third-order valence-electron chi connectivity index (χ3n) is 6.39. The van der Waals surface area contributed by atoms with Crippen molar-refractivity contribution in [2.24, 2.45) is 5.41 Å². The van der Waals surface area contributed by atoms with E-state index in [-0.39, 0.29) is 37.4 Å². The lowest BCUT2D eigenvalue weighted by Gasteiger charge is -2.21. The number of nitrogens with one attached hydrogen (secondary N) is 2. The van der Waals surface area contributed by atoms with Crippen LogP contribution < -0.4 is 10.6 Å². The number of carboxylic acids is 1. The van der Waals surface area contributed by atoms with E-state index in [1.165, 1.54) is 11.1 Å². The Morgan fingerprint density at radius 1 is 1.03 bits per heavy atom. The van der Waals surface area contributed by atoms with Crippen LogP contribution in [0.15, 0.2) is 48.5 Å². The molecule has 0 aliphatic heterocycles. The second kappa shape index (κ2) is 11.2. The van der Waals surface area contributed by atoms with E-state index in [2.05, 4.69) is 34.9 Å². The zero-order chi connectivity index (χ0) is 24.7. The number of hydrogen-bond acceptors (Lipinski definition) is 4. The first-order valence-corrected chi connectivity index (χ1v) is 11.8. The van der Waals surface area contributed by atoms with E-state index in [0.717, 1.165) is 17.5 Å². The van der Waals surface area contributed by atoms with Gasteiger partial charge >= 0.3 is 12.1 Å². The third-order valence-corrected chi connectivity index (χ3v) is 6.39. The number of carboxylic acid groups (broad SMARTS) is 1. The standard InChI is InChI=1S/C27H34N2O5/c1-4-9-18(16-24(30)28-15-14-27(2,3)25(31)32)29-26(33)34-17-23-21-12-7-5-10-19(21)20-11-6-8-13-22(20)23/h5-8,10-13,18,23H,4,9,14-17H2,1-3H3,(H,28,30)(H,29,33)(H,31,32)/t18-/m1/s1. The number of alkyl carbamates (subject to hydrolysis) is 1. The lowest BCUT2D eigenvalue weighted by atomic mass is 9.90. The van der Waals surface area contributed by atoms with E-state index in [1.807, 2.05) is 31.2 Å². The van der Waals surface area contributed by atoms with Crippen molar-refractivity contribution in [1.82, 2.24) is 10.6 Å². The molecule has 1 aliphatic carbocycles. The average Bonchev–Trinajstić information content (AvgIpc) is 3.11. The number of hydrogen-bond donors (Lipinski definition) is 3. The molecule has 34 heavy (non-hydrogen) atoms. The van der Waals surface area contributed by atoms with Crippen molar-refractivity contribution in [2.75, 3.05) is 13.2 Å². The summed E-state index contributed by atoms with van der Waals surface area (Å²) in [5.41, 5.74) is 3.71. The zero-order valence-corrected chi connectivity index (χ0v) is 20.1. The lowest BCUT2D eigenvalue weighted by Crippen LogP contribution is -2.40. The van der Waals surface area contributed by atoms with Gasteiger partial charge in [0.15, 0.2) is 0 Å². The molecule has 2 aromatic rings. The highest BCUT2D eigenvalue weighted by Gasteiger charge is 2.29. The van der Waals surface area contributed by atoms with Gasteiger partial charge in [-0.25, -0.2) is 4.79 Å². The molecule has 0 heterocycles. The second-order valence-corrected chi connectivity index (χ2v) is 9.45. The Morgan fingerprint density at radius 2 is 1.62 bits per heavy atom. The molecule has 7 heteroatoms. The van der Waals surface area contributed by atoms with Gasteiger partial charge in [0.2, 0.25) is 5.91 Å². The Morgan fingerprint density at radius 3 is 2.18 bits per heavy atom. The minimum Gasteiger partial charge on any atom is -0.481 e. The molecule has 7 nitrogen and oxygen atoms in total. The minimum atomic E-state index is -0.907. The fourth-order valence-electron chi connectivity index (χ4n) is 4.30. The van der Waals surface area contributed by atoms with Crippen molar-refractivity contribution < 1.29 is 24.2 Å². The van der Waals surface area contributed by atoms with Crippen LogP contribution in [0.3, 0.4) is 0 Å². The largest absolute Gasteiger partial charge is 0.481 e. The molecule has 0 radical (unpaired) electrons. The van der Waals surface area contributed by atoms with Gasteiger partial charge in [-0.15, -0.1) is 0 Å². The van der Waals surface area contributed by atoms with Crippen LogP contribution in [0.4, 0.5) is 4.79 Å². The zero-order valence-electron chi connectivity index (χ0n) is 20.1. The predicted octanol–water partition coefficient (Wildman–Crippen LogP) is 4.70. The van der Waals surface area contributed by atoms with Crippen LogP contribution in [0.2, 0.25) is 0 Å². The van der Waals surface area contributed by atoms with Crippen molar-refractivity contribution in [3.05, 3.63) is 59.7 Å². The number of benzene rings is 2. The number of carbonyl (C=O) groups excluding carboxylic acids is 2. The monoisotopic (exact) mass is 466 g/mol. The molecule has 182 valence electrons. The number of ether oxygens (including phenoxy) is 1. The summed E-state index contributed by atoms with van der Waals surface area (Å²) < 4.78 is 5.60. The summed E-state index contributed by atoms with van der Waals surface area (Å²) in [5, 5.41) is 14.8. The molecule has 0 unspecified atom stereocenters. The van der Waals surface area contributed by atoms with Gasteiger partial charge in [0.1, 0.15) is 6.61 Å². The van der Waals surface area contributed by atoms with Crippen LogP contribution >= 0.6 is 0 Å². The highest BCUT2D eigenvalue weighted by molar-refractivity contribution is 5.80. The molecule has 0 fully saturated rings. The normalized spacial score (nSPS) is 13.5. The maximum atomic E-state index is 12.6. The van der Waals surface area contributed by atoms with E-state index in [4.69, 9.17) is 4.74 Å². The van der Waals surface area contributed by atoms with Crippen LogP contribution in [0.1, 0.15) is 63.5 Å². The Bertz CT molecular complexity index is 988. The van der Waals surface area contributed by atoms with Crippen LogP contribution in [-0.4, -0.2) is 42.3 Å². The van der Waals surface area contributed by atoms with E-state index >= 15 is 0 Å². The molecule has 0 spiro atoms. The molecular weight excluding hydrogens is 432 g/mol. The van der Waals surface area contributed by atoms with Gasteiger partial charge in [-0.3, -0.25) is 9.59 Å².